The second-order valence-electron chi connectivity index (χ2n) is 8.30. The van der Waals surface area contributed by atoms with Crippen molar-refractivity contribution in [2.75, 3.05) is 52.1 Å². The Balaban J connectivity index is 1.48. The molecule has 1 aromatic heterocycles. The van der Waals surface area contributed by atoms with Gasteiger partial charge in [-0.1, -0.05) is 17.7 Å². The van der Waals surface area contributed by atoms with E-state index in [9.17, 15) is 13.2 Å². The van der Waals surface area contributed by atoms with Crippen molar-refractivity contribution in [1.29, 1.82) is 0 Å². The van der Waals surface area contributed by atoms with Gasteiger partial charge in [-0.2, -0.15) is 0 Å². The van der Waals surface area contributed by atoms with Gasteiger partial charge in [0.2, 0.25) is 5.91 Å². The minimum Gasteiger partial charge on any atom is -0.324 e. The topological polar surface area (TPSA) is 65.9 Å². The highest BCUT2D eigenvalue weighted by molar-refractivity contribution is 8.00. The molecular weight excluding hydrogens is 432 g/mol. The summed E-state index contributed by atoms with van der Waals surface area (Å²) in [6.45, 7) is 7.78. The minimum atomic E-state index is -3.71. The SMILES string of the molecule is Cc1ccc(S(=O)(=O)n2cccc2C2SCC(=O)N2CCCN2CCN(C)CC2)cc1. The molecule has 2 aliphatic heterocycles. The van der Waals surface area contributed by atoms with Gasteiger partial charge in [-0.15, -0.1) is 11.8 Å². The lowest BCUT2D eigenvalue weighted by Gasteiger charge is -2.33. The van der Waals surface area contributed by atoms with Gasteiger partial charge in [0.1, 0.15) is 5.37 Å². The number of rotatable bonds is 7. The normalized spacial score (nSPS) is 21.2. The van der Waals surface area contributed by atoms with Gasteiger partial charge in [-0.25, -0.2) is 12.4 Å². The summed E-state index contributed by atoms with van der Waals surface area (Å²) in [7, 11) is -1.57. The zero-order chi connectivity index (χ0) is 22.0. The first kappa shape index (κ1) is 22.4. The number of hydrogen-bond acceptors (Lipinski definition) is 6. The maximum Gasteiger partial charge on any atom is 0.267 e. The molecule has 4 rings (SSSR count). The van der Waals surface area contributed by atoms with E-state index in [0.717, 1.165) is 44.7 Å². The molecule has 2 fully saturated rings. The van der Waals surface area contributed by atoms with Crippen LogP contribution in [0.25, 0.3) is 0 Å². The van der Waals surface area contributed by atoms with E-state index in [0.29, 0.717) is 18.0 Å². The van der Waals surface area contributed by atoms with Crippen LogP contribution >= 0.6 is 11.8 Å². The molecule has 1 amide bonds. The standard InChI is InChI=1S/C22H30N4O3S2/c1-18-6-8-19(9-7-18)31(28,29)26-12-3-5-20(26)22-25(21(27)17-30-22)11-4-10-24-15-13-23(2)14-16-24/h3,5-9,12,22H,4,10-11,13-17H2,1-2H3. The number of carbonyl (C=O) groups is 1. The third-order valence-corrected chi connectivity index (χ3v) is 8.95. The molecule has 168 valence electrons. The van der Waals surface area contributed by atoms with Gasteiger partial charge in [0.15, 0.2) is 0 Å². The Labute approximate surface area is 189 Å². The fraction of sp³-hybridized carbons (Fsp3) is 0.500. The van der Waals surface area contributed by atoms with Gasteiger partial charge >= 0.3 is 0 Å². The number of aromatic nitrogens is 1. The molecule has 2 aliphatic rings. The number of benzene rings is 1. The van der Waals surface area contributed by atoms with Crippen molar-refractivity contribution < 1.29 is 13.2 Å². The van der Waals surface area contributed by atoms with Crippen LogP contribution in [0.15, 0.2) is 47.5 Å². The Bertz CT molecular complexity index is 1010. The first-order valence-corrected chi connectivity index (χ1v) is 13.2. The molecule has 1 aromatic carbocycles. The van der Waals surface area contributed by atoms with Crippen molar-refractivity contribution in [3.8, 4) is 0 Å². The average Bonchev–Trinajstić information content (AvgIpc) is 3.37. The Morgan fingerprint density at radius 3 is 2.45 bits per heavy atom. The molecular formula is C22H30N4O3S2. The van der Waals surface area contributed by atoms with Crippen LogP contribution in [0, 0.1) is 6.92 Å². The maximum absolute atomic E-state index is 13.3. The van der Waals surface area contributed by atoms with Crippen LogP contribution in [0.5, 0.6) is 0 Å². The van der Waals surface area contributed by atoms with E-state index in [1.165, 1.54) is 15.7 Å². The summed E-state index contributed by atoms with van der Waals surface area (Å²) in [6.07, 6.45) is 2.47. The van der Waals surface area contributed by atoms with Crippen LogP contribution in [0.2, 0.25) is 0 Å². The molecule has 2 aromatic rings. The number of nitrogens with zero attached hydrogens (tertiary/aromatic N) is 4. The molecule has 7 nitrogen and oxygen atoms in total. The van der Waals surface area contributed by atoms with Crippen molar-refractivity contribution in [1.82, 2.24) is 18.7 Å². The van der Waals surface area contributed by atoms with Crippen LogP contribution in [0.4, 0.5) is 0 Å². The van der Waals surface area contributed by atoms with Gasteiger partial charge < -0.3 is 14.7 Å². The lowest BCUT2D eigenvalue weighted by molar-refractivity contribution is -0.128. The summed E-state index contributed by atoms with van der Waals surface area (Å²) < 4.78 is 27.9. The van der Waals surface area contributed by atoms with E-state index in [2.05, 4.69) is 16.8 Å². The van der Waals surface area contributed by atoms with Crippen molar-refractivity contribution in [3.05, 3.63) is 53.9 Å². The zero-order valence-corrected chi connectivity index (χ0v) is 19.7. The van der Waals surface area contributed by atoms with Crippen LogP contribution in [-0.2, 0) is 14.8 Å². The predicted molar refractivity (Wildman–Crippen MR) is 124 cm³/mol. The van der Waals surface area contributed by atoms with Crippen LogP contribution in [0.1, 0.15) is 23.1 Å². The summed E-state index contributed by atoms with van der Waals surface area (Å²) in [5.74, 6) is 0.462. The number of likely N-dealkylation sites (N-methyl/N-ethyl adjacent to an activating group) is 1. The minimum absolute atomic E-state index is 0.0776. The van der Waals surface area contributed by atoms with Crippen molar-refractivity contribution in [2.24, 2.45) is 0 Å². The largest absolute Gasteiger partial charge is 0.324 e. The molecule has 1 atom stereocenters. The summed E-state index contributed by atoms with van der Waals surface area (Å²) in [5.41, 5.74) is 1.64. The Morgan fingerprint density at radius 2 is 1.74 bits per heavy atom. The fourth-order valence-corrected chi connectivity index (χ4v) is 6.76. The Hall–Kier alpha value is -1.81. The van der Waals surface area contributed by atoms with Gasteiger partial charge in [0.05, 0.1) is 16.3 Å². The van der Waals surface area contributed by atoms with Crippen LogP contribution in [-0.4, -0.2) is 85.1 Å². The second-order valence-corrected chi connectivity index (χ2v) is 11.2. The molecule has 0 N–H and O–H groups in total. The molecule has 2 saturated heterocycles. The van der Waals surface area contributed by atoms with Gasteiger partial charge in [-0.3, -0.25) is 4.79 Å². The summed E-state index contributed by atoms with van der Waals surface area (Å²) in [6, 6.07) is 10.4. The van der Waals surface area contributed by atoms with E-state index < -0.39 is 10.0 Å². The molecule has 0 spiro atoms. The first-order chi connectivity index (χ1) is 14.9. The van der Waals surface area contributed by atoms with Crippen molar-refractivity contribution in [3.63, 3.8) is 0 Å². The van der Waals surface area contributed by atoms with Crippen LogP contribution in [0.3, 0.4) is 0 Å². The molecule has 0 saturated carbocycles. The van der Waals surface area contributed by atoms with E-state index in [-0.39, 0.29) is 16.2 Å². The van der Waals surface area contributed by atoms with Crippen LogP contribution < -0.4 is 0 Å². The number of thioether (sulfide) groups is 1. The highest BCUT2D eigenvalue weighted by Gasteiger charge is 2.36. The smallest absolute Gasteiger partial charge is 0.267 e. The number of piperazine rings is 1. The summed E-state index contributed by atoms with van der Waals surface area (Å²) in [5, 5.41) is -0.282. The van der Waals surface area contributed by atoms with Gasteiger partial charge in [0, 0.05) is 38.9 Å². The predicted octanol–water partition coefficient (Wildman–Crippen LogP) is 2.25. The van der Waals surface area contributed by atoms with E-state index >= 15 is 0 Å². The van der Waals surface area contributed by atoms with Crippen molar-refractivity contribution >= 4 is 27.7 Å². The van der Waals surface area contributed by atoms with E-state index in [1.54, 1.807) is 36.5 Å². The molecule has 31 heavy (non-hydrogen) atoms. The van der Waals surface area contributed by atoms with E-state index in [1.807, 2.05) is 17.9 Å². The second kappa shape index (κ2) is 9.36. The van der Waals surface area contributed by atoms with Crippen molar-refractivity contribution in [2.45, 2.75) is 23.6 Å². The highest BCUT2D eigenvalue weighted by Crippen LogP contribution is 2.39. The molecule has 0 bridgehead atoms. The lowest BCUT2D eigenvalue weighted by atomic mass is 10.2. The third kappa shape index (κ3) is 4.84. The number of amides is 1. The zero-order valence-electron chi connectivity index (χ0n) is 18.1. The molecule has 0 aliphatic carbocycles. The summed E-state index contributed by atoms with van der Waals surface area (Å²) in [4.78, 5) is 19.5. The highest BCUT2D eigenvalue weighted by atomic mass is 32.2. The van der Waals surface area contributed by atoms with Gasteiger partial charge in [-0.05, 0) is 51.2 Å². The fourth-order valence-electron chi connectivity index (χ4n) is 4.09. The number of aryl methyl sites for hydroxylation is 1. The average molecular weight is 463 g/mol. The number of hydrogen-bond donors (Lipinski definition) is 0. The molecule has 1 unspecified atom stereocenters. The Morgan fingerprint density at radius 1 is 1.03 bits per heavy atom. The quantitative estimate of drug-likeness (QED) is 0.629. The maximum atomic E-state index is 13.3. The molecule has 3 heterocycles. The Kier molecular flexibility index (Phi) is 6.76. The third-order valence-electron chi connectivity index (χ3n) is 6.01. The monoisotopic (exact) mass is 462 g/mol. The number of carbonyl (C=O) groups excluding carboxylic acids is 1. The van der Waals surface area contributed by atoms with Gasteiger partial charge in [0.25, 0.3) is 10.0 Å². The summed E-state index contributed by atoms with van der Waals surface area (Å²) >= 11 is 1.50. The molecule has 9 heteroatoms. The first-order valence-electron chi connectivity index (χ1n) is 10.7. The lowest BCUT2D eigenvalue weighted by Crippen LogP contribution is -2.45. The van der Waals surface area contributed by atoms with E-state index in [4.69, 9.17) is 0 Å². The molecule has 0 radical (unpaired) electrons.